The number of carbonyl (C=O) groups is 1. The molecule has 1 N–H and O–H groups in total. The van der Waals surface area contributed by atoms with Crippen LogP contribution in [0, 0.1) is 0 Å². The van der Waals surface area contributed by atoms with Gasteiger partial charge in [-0.05, 0) is 24.3 Å². The van der Waals surface area contributed by atoms with Gasteiger partial charge in [-0.3, -0.25) is 4.79 Å². The van der Waals surface area contributed by atoms with E-state index in [0.29, 0.717) is 10.7 Å². The Morgan fingerprint density at radius 2 is 1.90 bits per heavy atom. The Balaban J connectivity index is 2.28. The van der Waals surface area contributed by atoms with Crippen LogP contribution in [-0.4, -0.2) is 30.2 Å². The molecule has 1 aromatic heterocycles. The van der Waals surface area contributed by atoms with Gasteiger partial charge in [0.25, 0.3) is 5.91 Å². The monoisotopic (exact) mass is 310 g/mol. The van der Waals surface area contributed by atoms with E-state index in [9.17, 15) is 4.79 Å². The summed E-state index contributed by atoms with van der Waals surface area (Å²) < 4.78 is 0. The lowest BCUT2D eigenvalue weighted by Crippen LogP contribution is -2.18. The molecule has 1 aromatic carbocycles. The number of para-hydroxylation sites is 1. The van der Waals surface area contributed by atoms with E-state index < -0.39 is 0 Å². The molecule has 0 saturated carbocycles. The van der Waals surface area contributed by atoms with Crippen LogP contribution in [0.5, 0.6) is 0 Å². The first-order valence-electron chi connectivity index (χ1n) is 5.75. The maximum absolute atomic E-state index is 12.1. The van der Waals surface area contributed by atoms with Crippen molar-refractivity contribution in [3.63, 3.8) is 0 Å². The number of carbonyl (C=O) groups excluding carboxylic acids is 1. The number of rotatable bonds is 3. The van der Waals surface area contributed by atoms with Crippen LogP contribution in [0.2, 0.25) is 10.2 Å². The van der Waals surface area contributed by atoms with Crippen molar-refractivity contribution < 1.29 is 4.79 Å². The van der Waals surface area contributed by atoms with Crippen LogP contribution in [0.4, 0.5) is 11.4 Å². The molecule has 104 valence electrons. The molecule has 2 aromatic rings. The van der Waals surface area contributed by atoms with Gasteiger partial charge in [-0.25, -0.2) is 0 Å². The highest BCUT2D eigenvalue weighted by molar-refractivity contribution is 6.34. The third kappa shape index (κ3) is 3.18. The second-order valence-electron chi connectivity index (χ2n) is 4.23. The van der Waals surface area contributed by atoms with Crippen molar-refractivity contribution in [3.8, 4) is 0 Å². The van der Waals surface area contributed by atoms with E-state index in [0.717, 1.165) is 5.69 Å². The highest BCUT2D eigenvalue weighted by Crippen LogP contribution is 2.32. The minimum absolute atomic E-state index is 0.180. The van der Waals surface area contributed by atoms with Crippen molar-refractivity contribution in [3.05, 3.63) is 46.2 Å². The number of amides is 1. The van der Waals surface area contributed by atoms with E-state index in [-0.39, 0.29) is 16.8 Å². The lowest BCUT2D eigenvalue weighted by atomic mass is 10.2. The highest BCUT2D eigenvalue weighted by Gasteiger charge is 2.14. The van der Waals surface area contributed by atoms with E-state index in [1.807, 2.05) is 19.0 Å². The van der Waals surface area contributed by atoms with E-state index in [1.54, 1.807) is 18.2 Å². The summed E-state index contributed by atoms with van der Waals surface area (Å²) in [5.41, 5.74) is 1.51. The fourth-order valence-corrected chi connectivity index (χ4v) is 2.14. The van der Waals surface area contributed by atoms with Gasteiger partial charge in [-0.2, -0.15) is 0 Å². The number of halogens is 2. The average Bonchev–Trinajstić information content (AvgIpc) is 2.39. The minimum Gasteiger partial charge on any atom is -0.375 e. The summed E-state index contributed by atoms with van der Waals surface area (Å²) >= 11 is 11.8. The van der Waals surface area contributed by atoms with Gasteiger partial charge in [-0.15, -0.1) is 10.2 Å². The molecule has 2 rings (SSSR count). The molecule has 0 fully saturated rings. The van der Waals surface area contributed by atoms with Crippen LogP contribution in [0.15, 0.2) is 30.3 Å². The van der Waals surface area contributed by atoms with Crippen molar-refractivity contribution >= 4 is 40.5 Å². The second kappa shape index (κ2) is 6.07. The van der Waals surface area contributed by atoms with Crippen molar-refractivity contribution in [1.29, 1.82) is 0 Å². The molecular weight excluding hydrogens is 299 g/mol. The number of nitrogens with one attached hydrogen (secondary N) is 1. The molecule has 0 aliphatic heterocycles. The molecule has 0 radical (unpaired) electrons. The Labute approximate surface area is 126 Å². The molecule has 1 amide bonds. The van der Waals surface area contributed by atoms with Gasteiger partial charge in [0.15, 0.2) is 10.8 Å². The third-order valence-electron chi connectivity index (χ3n) is 2.55. The first-order valence-corrected chi connectivity index (χ1v) is 6.51. The van der Waals surface area contributed by atoms with Crippen molar-refractivity contribution in [2.45, 2.75) is 0 Å². The molecule has 0 unspecified atom stereocenters. The number of nitrogens with zero attached hydrogens (tertiary/aromatic N) is 3. The van der Waals surface area contributed by atoms with E-state index in [4.69, 9.17) is 23.2 Å². The normalized spacial score (nSPS) is 10.2. The van der Waals surface area contributed by atoms with Gasteiger partial charge in [0, 0.05) is 14.1 Å². The lowest BCUT2D eigenvalue weighted by Gasteiger charge is -2.19. The SMILES string of the molecule is CN(C)c1c(Cl)cccc1NC(=O)c1ccc(Cl)nn1. The van der Waals surface area contributed by atoms with Crippen LogP contribution in [0.25, 0.3) is 0 Å². The maximum Gasteiger partial charge on any atom is 0.276 e. The molecule has 0 atom stereocenters. The number of anilines is 2. The molecule has 20 heavy (non-hydrogen) atoms. The molecule has 1 heterocycles. The van der Waals surface area contributed by atoms with E-state index >= 15 is 0 Å². The summed E-state index contributed by atoms with van der Waals surface area (Å²) in [4.78, 5) is 13.9. The lowest BCUT2D eigenvalue weighted by molar-refractivity contribution is 0.102. The van der Waals surface area contributed by atoms with Gasteiger partial charge in [-0.1, -0.05) is 29.3 Å². The Bertz CT molecular complexity index is 629. The number of benzene rings is 1. The molecule has 0 spiro atoms. The fraction of sp³-hybridized carbons (Fsp3) is 0.154. The zero-order chi connectivity index (χ0) is 14.7. The van der Waals surface area contributed by atoms with Crippen molar-refractivity contribution in [2.75, 3.05) is 24.3 Å². The first-order chi connectivity index (χ1) is 9.49. The zero-order valence-corrected chi connectivity index (χ0v) is 12.4. The second-order valence-corrected chi connectivity index (χ2v) is 5.02. The largest absolute Gasteiger partial charge is 0.375 e. The van der Waals surface area contributed by atoms with Crippen LogP contribution < -0.4 is 10.2 Å². The van der Waals surface area contributed by atoms with Gasteiger partial charge in [0.2, 0.25) is 0 Å². The predicted molar refractivity (Wildman–Crippen MR) is 80.8 cm³/mol. The van der Waals surface area contributed by atoms with Crippen LogP contribution in [0.3, 0.4) is 0 Å². The maximum atomic E-state index is 12.1. The van der Waals surface area contributed by atoms with Crippen molar-refractivity contribution in [2.24, 2.45) is 0 Å². The zero-order valence-electron chi connectivity index (χ0n) is 10.9. The van der Waals surface area contributed by atoms with Crippen LogP contribution in [0.1, 0.15) is 10.5 Å². The third-order valence-corrected chi connectivity index (χ3v) is 3.05. The summed E-state index contributed by atoms with van der Waals surface area (Å²) in [6, 6.07) is 8.30. The number of aromatic nitrogens is 2. The van der Waals surface area contributed by atoms with Crippen LogP contribution >= 0.6 is 23.2 Å². The summed E-state index contributed by atoms with van der Waals surface area (Å²) in [5, 5.41) is 10.9. The first kappa shape index (κ1) is 14.6. The van der Waals surface area contributed by atoms with Gasteiger partial charge in [0.1, 0.15) is 0 Å². The Morgan fingerprint density at radius 3 is 2.50 bits per heavy atom. The highest BCUT2D eigenvalue weighted by atomic mass is 35.5. The van der Waals surface area contributed by atoms with Gasteiger partial charge in [0.05, 0.1) is 16.4 Å². The molecule has 0 aliphatic rings. The Morgan fingerprint density at radius 1 is 1.15 bits per heavy atom. The van der Waals surface area contributed by atoms with E-state index in [1.165, 1.54) is 12.1 Å². The molecule has 0 bridgehead atoms. The standard InChI is InChI=1S/C13H12Cl2N4O/c1-19(2)12-8(14)4-3-5-9(12)16-13(20)10-6-7-11(15)18-17-10/h3-7H,1-2H3,(H,16,20). The Hall–Kier alpha value is -1.85. The fourth-order valence-electron chi connectivity index (χ4n) is 1.69. The quantitative estimate of drug-likeness (QED) is 0.946. The topological polar surface area (TPSA) is 58.1 Å². The van der Waals surface area contributed by atoms with Crippen LogP contribution in [-0.2, 0) is 0 Å². The summed E-state index contributed by atoms with van der Waals surface area (Å²) in [7, 11) is 3.69. The predicted octanol–water partition coefficient (Wildman–Crippen LogP) is 3.10. The molecular formula is C13H12Cl2N4O. The molecule has 0 saturated heterocycles. The molecule has 5 nitrogen and oxygen atoms in total. The number of hydrogen-bond donors (Lipinski definition) is 1. The number of hydrogen-bond acceptors (Lipinski definition) is 4. The molecule has 0 aliphatic carbocycles. The minimum atomic E-state index is -0.375. The molecule has 7 heteroatoms. The average molecular weight is 311 g/mol. The van der Waals surface area contributed by atoms with Gasteiger partial charge < -0.3 is 10.2 Å². The Kier molecular flexibility index (Phi) is 4.42. The van der Waals surface area contributed by atoms with Crippen molar-refractivity contribution in [1.82, 2.24) is 10.2 Å². The summed E-state index contributed by atoms with van der Waals surface area (Å²) in [6.07, 6.45) is 0. The van der Waals surface area contributed by atoms with Gasteiger partial charge >= 0.3 is 0 Å². The summed E-state index contributed by atoms with van der Waals surface area (Å²) in [5.74, 6) is -0.375. The smallest absolute Gasteiger partial charge is 0.276 e. The summed E-state index contributed by atoms with van der Waals surface area (Å²) in [6.45, 7) is 0. The van der Waals surface area contributed by atoms with E-state index in [2.05, 4.69) is 15.5 Å².